The van der Waals surface area contributed by atoms with Gasteiger partial charge in [-0.1, -0.05) is 19.1 Å². The van der Waals surface area contributed by atoms with Crippen molar-refractivity contribution in [3.05, 3.63) is 11.3 Å². The summed E-state index contributed by atoms with van der Waals surface area (Å²) in [5.74, 6) is 0.782. The molecule has 1 aliphatic rings. The summed E-state index contributed by atoms with van der Waals surface area (Å²) in [5, 5.41) is 8.95. The van der Waals surface area contributed by atoms with E-state index in [1.165, 1.54) is 12.8 Å². The van der Waals surface area contributed by atoms with E-state index in [0.717, 1.165) is 24.7 Å². The Bertz CT molecular complexity index is 319. The molecule has 1 saturated heterocycles. The van der Waals surface area contributed by atoms with Crippen LogP contribution in [0.25, 0.3) is 0 Å². The highest BCUT2D eigenvalue weighted by atomic mass is 32.1. The van der Waals surface area contributed by atoms with E-state index in [1.807, 2.05) is 6.92 Å². The Hall–Kier alpha value is -1.08. The zero-order valence-corrected chi connectivity index (χ0v) is 10.1. The van der Waals surface area contributed by atoms with Crippen molar-refractivity contribution in [1.82, 2.24) is 4.90 Å². The number of nitriles is 1. The number of thiocarbonyl (C=S) groups is 1. The summed E-state index contributed by atoms with van der Waals surface area (Å²) in [6.07, 6.45) is 2.35. The summed E-state index contributed by atoms with van der Waals surface area (Å²) < 4.78 is 0. The Balaban J connectivity index is 2.79. The first-order valence-corrected chi connectivity index (χ1v) is 5.62. The van der Waals surface area contributed by atoms with Gasteiger partial charge in [0, 0.05) is 18.8 Å². The third-order valence-electron chi connectivity index (χ3n) is 2.98. The minimum atomic E-state index is 0.202. The van der Waals surface area contributed by atoms with E-state index in [4.69, 9.17) is 23.2 Å². The Kier molecular flexibility index (Phi) is 4.10. The first-order chi connectivity index (χ1) is 7.06. The lowest BCUT2D eigenvalue weighted by Crippen LogP contribution is -2.33. The topological polar surface area (TPSA) is 53.1 Å². The van der Waals surface area contributed by atoms with E-state index in [2.05, 4.69) is 17.9 Å². The minimum absolute atomic E-state index is 0.202. The Morgan fingerprint density at radius 3 is 2.40 bits per heavy atom. The molecule has 15 heavy (non-hydrogen) atoms. The Morgan fingerprint density at radius 1 is 1.47 bits per heavy atom. The van der Waals surface area contributed by atoms with Crippen molar-refractivity contribution in [3.63, 3.8) is 0 Å². The van der Waals surface area contributed by atoms with Gasteiger partial charge in [-0.3, -0.25) is 0 Å². The Morgan fingerprint density at radius 2 is 2.00 bits per heavy atom. The van der Waals surface area contributed by atoms with Gasteiger partial charge in [-0.05, 0) is 25.7 Å². The molecular weight excluding hydrogens is 206 g/mol. The van der Waals surface area contributed by atoms with E-state index < -0.39 is 0 Å². The first kappa shape index (κ1) is 12.0. The quantitative estimate of drug-likeness (QED) is 0.440. The van der Waals surface area contributed by atoms with Gasteiger partial charge >= 0.3 is 0 Å². The molecule has 4 heteroatoms. The maximum absolute atomic E-state index is 8.95. The van der Waals surface area contributed by atoms with E-state index in [0.29, 0.717) is 5.57 Å². The normalized spacial score (nSPS) is 19.4. The summed E-state index contributed by atoms with van der Waals surface area (Å²) in [5.41, 5.74) is 6.89. The molecule has 3 nitrogen and oxygen atoms in total. The van der Waals surface area contributed by atoms with Crippen LogP contribution in [0.3, 0.4) is 0 Å². The maximum Gasteiger partial charge on any atom is 0.116 e. The van der Waals surface area contributed by atoms with E-state index >= 15 is 0 Å². The largest absolute Gasteiger partial charge is 0.389 e. The van der Waals surface area contributed by atoms with Gasteiger partial charge in [0.1, 0.15) is 16.6 Å². The number of nitrogens with two attached hydrogens (primary N) is 1. The van der Waals surface area contributed by atoms with Crippen LogP contribution in [0.4, 0.5) is 0 Å². The zero-order valence-electron chi connectivity index (χ0n) is 9.29. The molecule has 0 aromatic rings. The van der Waals surface area contributed by atoms with Crippen LogP contribution in [-0.4, -0.2) is 23.0 Å². The molecule has 1 heterocycles. The minimum Gasteiger partial charge on any atom is -0.389 e. The average molecular weight is 223 g/mol. The molecule has 0 aliphatic carbocycles. The lowest BCUT2D eigenvalue weighted by Gasteiger charge is -2.33. The molecule has 82 valence electrons. The SMILES string of the molecule is C/C(=C(/C#N)C(N)=S)N1CCC(C)CC1. The van der Waals surface area contributed by atoms with Crippen LogP contribution in [0.2, 0.25) is 0 Å². The van der Waals surface area contributed by atoms with Crippen LogP contribution in [0.15, 0.2) is 11.3 Å². The number of rotatable bonds is 2. The van der Waals surface area contributed by atoms with Gasteiger partial charge in [0.25, 0.3) is 0 Å². The summed E-state index contributed by atoms with van der Waals surface area (Å²) in [6.45, 7) is 6.18. The number of allylic oxidation sites excluding steroid dienone is 1. The standard InChI is InChI=1S/C11H17N3S/c1-8-3-5-14(6-4-8)9(2)10(7-12)11(13)15/h8H,3-6H2,1-2H3,(H2,13,15)/b10-9+. The number of hydrogen-bond donors (Lipinski definition) is 1. The van der Waals surface area contributed by atoms with Crippen LogP contribution < -0.4 is 5.73 Å². The number of likely N-dealkylation sites (tertiary alicyclic amines) is 1. The fourth-order valence-corrected chi connectivity index (χ4v) is 2.01. The molecule has 0 atom stereocenters. The predicted octanol–water partition coefficient (Wildman–Crippen LogP) is 1.80. The smallest absolute Gasteiger partial charge is 0.116 e. The molecule has 0 spiro atoms. The zero-order chi connectivity index (χ0) is 11.4. The third kappa shape index (κ3) is 2.93. The second-order valence-electron chi connectivity index (χ2n) is 4.11. The van der Waals surface area contributed by atoms with Gasteiger partial charge in [-0.25, -0.2) is 0 Å². The van der Waals surface area contributed by atoms with Gasteiger partial charge < -0.3 is 10.6 Å². The fraction of sp³-hybridized carbons (Fsp3) is 0.636. The van der Waals surface area contributed by atoms with Gasteiger partial charge in [0.05, 0.1) is 0 Å². The van der Waals surface area contributed by atoms with Gasteiger partial charge in [0.15, 0.2) is 0 Å². The van der Waals surface area contributed by atoms with Crippen molar-refractivity contribution in [1.29, 1.82) is 5.26 Å². The molecule has 2 N–H and O–H groups in total. The van der Waals surface area contributed by atoms with Crippen molar-refractivity contribution in [2.45, 2.75) is 26.7 Å². The highest BCUT2D eigenvalue weighted by Gasteiger charge is 2.18. The molecular formula is C11H17N3S. The van der Waals surface area contributed by atoms with Crippen LogP contribution in [-0.2, 0) is 0 Å². The van der Waals surface area contributed by atoms with Gasteiger partial charge in [-0.2, -0.15) is 5.26 Å². The van der Waals surface area contributed by atoms with Crippen molar-refractivity contribution in [2.75, 3.05) is 13.1 Å². The van der Waals surface area contributed by atoms with Crippen LogP contribution in [0, 0.1) is 17.2 Å². The lowest BCUT2D eigenvalue weighted by atomic mass is 9.98. The van der Waals surface area contributed by atoms with Crippen molar-refractivity contribution < 1.29 is 0 Å². The molecule has 0 saturated carbocycles. The second-order valence-corrected chi connectivity index (χ2v) is 4.55. The number of hydrogen-bond acceptors (Lipinski definition) is 3. The number of piperidine rings is 1. The first-order valence-electron chi connectivity index (χ1n) is 5.22. The monoisotopic (exact) mass is 223 g/mol. The molecule has 0 bridgehead atoms. The third-order valence-corrected chi connectivity index (χ3v) is 3.18. The summed E-state index contributed by atoms with van der Waals surface area (Å²) >= 11 is 4.86. The highest BCUT2D eigenvalue weighted by molar-refractivity contribution is 7.80. The van der Waals surface area contributed by atoms with Crippen LogP contribution in [0.5, 0.6) is 0 Å². The average Bonchev–Trinajstić information content (AvgIpc) is 2.19. The fourth-order valence-electron chi connectivity index (χ4n) is 1.82. The lowest BCUT2D eigenvalue weighted by molar-refractivity contribution is 0.237. The maximum atomic E-state index is 8.95. The van der Waals surface area contributed by atoms with Crippen molar-refractivity contribution >= 4 is 17.2 Å². The molecule has 0 radical (unpaired) electrons. The molecule has 0 aromatic heterocycles. The van der Waals surface area contributed by atoms with E-state index in [1.54, 1.807) is 0 Å². The summed E-state index contributed by atoms with van der Waals surface area (Å²) in [6, 6.07) is 2.08. The summed E-state index contributed by atoms with van der Waals surface area (Å²) in [4.78, 5) is 2.41. The Labute approximate surface area is 96.5 Å². The molecule has 0 amide bonds. The molecule has 1 fully saturated rings. The van der Waals surface area contributed by atoms with Gasteiger partial charge in [-0.15, -0.1) is 0 Å². The molecule has 0 unspecified atom stereocenters. The molecule has 0 aromatic carbocycles. The van der Waals surface area contributed by atoms with Gasteiger partial charge in [0.2, 0.25) is 0 Å². The van der Waals surface area contributed by atoms with E-state index in [-0.39, 0.29) is 4.99 Å². The number of nitrogens with zero attached hydrogens (tertiary/aromatic N) is 2. The molecule has 1 rings (SSSR count). The summed E-state index contributed by atoms with van der Waals surface area (Å²) in [7, 11) is 0. The molecule has 1 aliphatic heterocycles. The van der Waals surface area contributed by atoms with Crippen molar-refractivity contribution in [2.24, 2.45) is 11.7 Å². The van der Waals surface area contributed by atoms with Crippen LogP contribution in [0.1, 0.15) is 26.7 Å². The highest BCUT2D eigenvalue weighted by Crippen LogP contribution is 2.21. The van der Waals surface area contributed by atoms with Crippen LogP contribution >= 0.6 is 12.2 Å². The van der Waals surface area contributed by atoms with Crippen molar-refractivity contribution in [3.8, 4) is 6.07 Å². The second kappa shape index (κ2) is 5.13. The predicted molar refractivity (Wildman–Crippen MR) is 65.1 cm³/mol. The van der Waals surface area contributed by atoms with E-state index in [9.17, 15) is 0 Å².